The van der Waals surface area contributed by atoms with Crippen LogP contribution in [0.5, 0.6) is 0 Å². The monoisotopic (exact) mass is 192 g/mol. The van der Waals surface area contributed by atoms with Gasteiger partial charge in [0, 0.05) is 24.3 Å². The van der Waals surface area contributed by atoms with E-state index < -0.39 is 0 Å². The van der Waals surface area contributed by atoms with Crippen molar-refractivity contribution in [1.82, 2.24) is 4.57 Å². The van der Waals surface area contributed by atoms with Gasteiger partial charge in [-0.05, 0) is 31.7 Å². The summed E-state index contributed by atoms with van der Waals surface area (Å²) in [6.45, 7) is 3.19. The Morgan fingerprint density at radius 1 is 1.50 bits per heavy atom. The van der Waals surface area contributed by atoms with Crippen molar-refractivity contribution in [2.75, 3.05) is 0 Å². The van der Waals surface area contributed by atoms with Crippen LogP contribution in [0.4, 0.5) is 0 Å². The molecule has 0 bridgehead atoms. The summed E-state index contributed by atoms with van der Waals surface area (Å²) in [5, 5.41) is 0. The zero-order valence-electron chi connectivity index (χ0n) is 8.49. The first kappa shape index (κ1) is 9.46. The minimum Gasteiger partial charge on any atom is -0.326 e. The van der Waals surface area contributed by atoms with Crippen molar-refractivity contribution >= 4 is 0 Å². The highest BCUT2D eigenvalue weighted by Crippen LogP contribution is 2.30. The van der Waals surface area contributed by atoms with E-state index in [0.29, 0.717) is 6.54 Å². The van der Waals surface area contributed by atoms with Gasteiger partial charge in [-0.3, -0.25) is 4.79 Å². The second kappa shape index (κ2) is 3.58. The zero-order valence-corrected chi connectivity index (χ0v) is 8.49. The second-order valence-corrected chi connectivity index (χ2v) is 4.06. The lowest BCUT2D eigenvalue weighted by atomic mass is 10.2. The Kier molecular flexibility index (Phi) is 2.42. The lowest BCUT2D eigenvalue weighted by Gasteiger charge is -2.10. The number of aryl methyl sites for hydroxylation is 1. The molecule has 0 radical (unpaired) electrons. The molecule has 3 nitrogen and oxygen atoms in total. The summed E-state index contributed by atoms with van der Waals surface area (Å²) in [5.41, 5.74) is 7.36. The van der Waals surface area contributed by atoms with Crippen molar-refractivity contribution in [1.29, 1.82) is 0 Å². The standard InChI is InChI=1S/C11H16N2O/c1-8-2-5-10(6-12)11(14)13(8)7-9-3-4-9/h2,5,9H,3-4,6-7,12H2,1H3. The van der Waals surface area contributed by atoms with Gasteiger partial charge in [-0.1, -0.05) is 6.07 Å². The first-order valence-electron chi connectivity index (χ1n) is 5.11. The Hall–Kier alpha value is -1.09. The minimum atomic E-state index is 0.0967. The third kappa shape index (κ3) is 1.73. The summed E-state index contributed by atoms with van der Waals surface area (Å²) in [6, 6.07) is 3.81. The quantitative estimate of drug-likeness (QED) is 0.777. The van der Waals surface area contributed by atoms with E-state index in [9.17, 15) is 4.79 Å². The molecule has 0 aromatic carbocycles. The van der Waals surface area contributed by atoms with Crippen LogP contribution in [-0.2, 0) is 13.1 Å². The number of hydrogen-bond acceptors (Lipinski definition) is 2. The van der Waals surface area contributed by atoms with Crippen LogP contribution in [0.15, 0.2) is 16.9 Å². The lowest BCUT2D eigenvalue weighted by Crippen LogP contribution is -2.27. The van der Waals surface area contributed by atoms with Gasteiger partial charge in [0.15, 0.2) is 0 Å². The smallest absolute Gasteiger partial charge is 0.255 e. The SMILES string of the molecule is Cc1ccc(CN)c(=O)n1CC1CC1. The largest absolute Gasteiger partial charge is 0.326 e. The number of nitrogens with zero attached hydrogens (tertiary/aromatic N) is 1. The van der Waals surface area contributed by atoms with Crippen molar-refractivity contribution in [2.24, 2.45) is 11.7 Å². The maximum atomic E-state index is 11.9. The Morgan fingerprint density at radius 2 is 2.21 bits per heavy atom. The Balaban J connectivity index is 2.38. The molecule has 3 heteroatoms. The summed E-state index contributed by atoms with van der Waals surface area (Å²) in [6.07, 6.45) is 2.53. The van der Waals surface area contributed by atoms with Crippen LogP contribution >= 0.6 is 0 Å². The van der Waals surface area contributed by atoms with E-state index >= 15 is 0 Å². The van der Waals surface area contributed by atoms with Crippen molar-refractivity contribution < 1.29 is 0 Å². The van der Waals surface area contributed by atoms with Crippen LogP contribution in [-0.4, -0.2) is 4.57 Å². The van der Waals surface area contributed by atoms with Gasteiger partial charge in [-0.2, -0.15) is 0 Å². The van der Waals surface area contributed by atoms with Gasteiger partial charge < -0.3 is 10.3 Å². The van der Waals surface area contributed by atoms with Gasteiger partial charge >= 0.3 is 0 Å². The molecule has 0 unspecified atom stereocenters. The van der Waals surface area contributed by atoms with Crippen molar-refractivity contribution in [3.05, 3.63) is 33.7 Å². The van der Waals surface area contributed by atoms with Crippen LogP contribution in [0.25, 0.3) is 0 Å². The fraction of sp³-hybridized carbons (Fsp3) is 0.545. The number of nitrogens with two attached hydrogens (primary N) is 1. The molecule has 0 aliphatic heterocycles. The number of aromatic nitrogens is 1. The van der Waals surface area contributed by atoms with Gasteiger partial charge in [0.2, 0.25) is 0 Å². The molecule has 0 spiro atoms. The highest BCUT2D eigenvalue weighted by atomic mass is 16.1. The molecule has 1 heterocycles. The maximum Gasteiger partial charge on any atom is 0.255 e. The molecular formula is C11H16N2O. The summed E-state index contributed by atoms with van der Waals surface area (Å²) in [5.74, 6) is 0.722. The van der Waals surface area contributed by atoms with E-state index in [4.69, 9.17) is 5.73 Å². The summed E-state index contributed by atoms with van der Waals surface area (Å²) < 4.78 is 1.86. The van der Waals surface area contributed by atoms with Gasteiger partial charge in [0.05, 0.1) is 0 Å². The topological polar surface area (TPSA) is 48.0 Å². The molecule has 1 aliphatic carbocycles. The molecule has 0 saturated heterocycles. The van der Waals surface area contributed by atoms with Crippen molar-refractivity contribution in [2.45, 2.75) is 32.9 Å². The third-order valence-electron chi connectivity index (χ3n) is 2.83. The minimum absolute atomic E-state index is 0.0967. The first-order chi connectivity index (χ1) is 6.72. The Bertz CT molecular complexity index is 391. The molecule has 1 fully saturated rings. The Labute approximate surface area is 83.5 Å². The van der Waals surface area contributed by atoms with Crippen LogP contribution in [0.2, 0.25) is 0 Å². The average Bonchev–Trinajstić information content (AvgIpc) is 2.96. The van der Waals surface area contributed by atoms with E-state index in [1.54, 1.807) is 0 Å². The van der Waals surface area contributed by atoms with Gasteiger partial charge in [-0.25, -0.2) is 0 Å². The number of pyridine rings is 1. The molecule has 1 saturated carbocycles. The molecule has 14 heavy (non-hydrogen) atoms. The highest BCUT2D eigenvalue weighted by Gasteiger charge is 2.22. The van der Waals surface area contributed by atoms with Crippen molar-refractivity contribution in [3.8, 4) is 0 Å². The maximum absolute atomic E-state index is 11.9. The van der Waals surface area contributed by atoms with Gasteiger partial charge in [-0.15, -0.1) is 0 Å². The Morgan fingerprint density at radius 3 is 2.79 bits per heavy atom. The first-order valence-corrected chi connectivity index (χ1v) is 5.11. The van der Waals surface area contributed by atoms with Gasteiger partial charge in [0.1, 0.15) is 0 Å². The van der Waals surface area contributed by atoms with E-state index in [1.807, 2.05) is 23.6 Å². The number of rotatable bonds is 3. The molecule has 2 rings (SSSR count). The van der Waals surface area contributed by atoms with Gasteiger partial charge in [0.25, 0.3) is 5.56 Å². The molecular weight excluding hydrogens is 176 g/mol. The molecule has 0 amide bonds. The van der Waals surface area contributed by atoms with Crippen LogP contribution in [0, 0.1) is 12.8 Å². The summed E-state index contributed by atoms with van der Waals surface area (Å²) in [7, 11) is 0. The number of hydrogen-bond donors (Lipinski definition) is 1. The third-order valence-corrected chi connectivity index (χ3v) is 2.83. The van der Waals surface area contributed by atoms with E-state index in [2.05, 4.69) is 0 Å². The molecule has 1 aliphatic rings. The van der Waals surface area contributed by atoms with Crippen molar-refractivity contribution in [3.63, 3.8) is 0 Å². The van der Waals surface area contributed by atoms with E-state index in [-0.39, 0.29) is 5.56 Å². The second-order valence-electron chi connectivity index (χ2n) is 4.06. The summed E-state index contributed by atoms with van der Waals surface area (Å²) in [4.78, 5) is 11.9. The molecule has 1 aromatic rings. The van der Waals surface area contributed by atoms with Crippen LogP contribution in [0.3, 0.4) is 0 Å². The van der Waals surface area contributed by atoms with E-state index in [0.717, 1.165) is 23.7 Å². The predicted octanol–water partition coefficient (Wildman–Crippen LogP) is 1.03. The highest BCUT2D eigenvalue weighted by molar-refractivity contribution is 5.15. The fourth-order valence-electron chi connectivity index (χ4n) is 1.66. The van der Waals surface area contributed by atoms with Crippen LogP contribution < -0.4 is 11.3 Å². The predicted molar refractivity (Wildman–Crippen MR) is 56.1 cm³/mol. The fourth-order valence-corrected chi connectivity index (χ4v) is 1.66. The average molecular weight is 192 g/mol. The molecule has 1 aromatic heterocycles. The zero-order chi connectivity index (χ0) is 10.1. The summed E-state index contributed by atoms with van der Waals surface area (Å²) >= 11 is 0. The van der Waals surface area contributed by atoms with E-state index in [1.165, 1.54) is 12.8 Å². The lowest BCUT2D eigenvalue weighted by molar-refractivity contribution is 0.586. The molecule has 76 valence electrons. The molecule has 0 atom stereocenters. The normalized spacial score (nSPS) is 15.9. The van der Waals surface area contributed by atoms with Crippen LogP contribution in [0.1, 0.15) is 24.1 Å². The molecule has 2 N–H and O–H groups in total.